The predicted octanol–water partition coefficient (Wildman–Crippen LogP) is 4.10. The third kappa shape index (κ3) is 3.83. The van der Waals surface area contributed by atoms with Crippen molar-refractivity contribution in [2.75, 3.05) is 20.8 Å². The van der Waals surface area contributed by atoms with Gasteiger partial charge in [0.15, 0.2) is 0 Å². The Morgan fingerprint density at radius 3 is 2.72 bits per heavy atom. The number of ether oxygens (including phenoxy) is 2. The second kappa shape index (κ2) is 8.13. The summed E-state index contributed by atoms with van der Waals surface area (Å²) in [6, 6.07) is 7.80. The average Bonchev–Trinajstić information content (AvgIpc) is 3.29. The third-order valence-electron chi connectivity index (χ3n) is 3.53. The lowest BCUT2D eigenvalue weighted by atomic mass is 10.1. The first-order valence-electron chi connectivity index (χ1n) is 7.76. The lowest BCUT2D eigenvalue weighted by Crippen LogP contribution is -2.12. The van der Waals surface area contributed by atoms with Gasteiger partial charge in [-0.3, -0.25) is 4.99 Å². The van der Waals surface area contributed by atoms with Crippen molar-refractivity contribution in [2.45, 2.75) is 6.92 Å². The Morgan fingerprint density at radius 1 is 1.16 bits per heavy atom. The SMILES string of the molecule is CCN=c1scc(-c2ccc(OC)cc2OC)n1N=Cc1ccsc1. The highest BCUT2D eigenvalue weighted by Crippen LogP contribution is 2.33. The molecular weight excluding hydrogens is 354 g/mol. The molecule has 0 radical (unpaired) electrons. The molecule has 0 spiro atoms. The summed E-state index contributed by atoms with van der Waals surface area (Å²) in [5.74, 6) is 1.49. The van der Waals surface area contributed by atoms with Crippen molar-refractivity contribution in [1.29, 1.82) is 0 Å². The molecule has 3 aromatic rings. The first-order valence-corrected chi connectivity index (χ1v) is 9.59. The van der Waals surface area contributed by atoms with Gasteiger partial charge in [-0.05, 0) is 35.9 Å². The van der Waals surface area contributed by atoms with E-state index in [1.165, 1.54) is 0 Å². The van der Waals surface area contributed by atoms with E-state index in [1.54, 1.807) is 36.9 Å². The number of benzene rings is 1. The van der Waals surface area contributed by atoms with Gasteiger partial charge in [0.25, 0.3) is 0 Å². The van der Waals surface area contributed by atoms with Crippen molar-refractivity contribution in [3.8, 4) is 22.8 Å². The highest BCUT2D eigenvalue weighted by atomic mass is 32.1. The molecule has 0 saturated heterocycles. The van der Waals surface area contributed by atoms with E-state index in [0.29, 0.717) is 6.54 Å². The quantitative estimate of drug-likeness (QED) is 0.611. The van der Waals surface area contributed by atoms with Gasteiger partial charge in [-0.25, -0.2) is 4.68 Å². The number of thiazole rings is 1. The molecule has 3 rings (SSSR count). The van der Waals surface area contributed by atoms with E-state index in [9.17, 15) is 0 Å². The van der Waals surface area contributed by atoms with Crippen LogP contribution in [0.15, 0.2) is 50.5 Å². The molecule has 0 amide bonds. The summed E-state index contributed by atoms with van der Waals surface area (Å²) in [4.78, 5) is 5.40. The molecule has 0 aliphatic carbocycles. The van der Waals surface area contributed by atoms with Crippen LogP contribution in [0.3, 0.4) is 0 Å². The number of rotatable bonds is 6. The molecular formula is C18H19N3O2S2. The first kappa shape index (κ1) is 17.4. The molecule has 2 aromatic heterocycles. The molecule has 0 fully saturated rings. The zero-order valence-corrected chi connectivity index (χ0v) is 15.9. The fraction of sp³-hybridized carbons (Fsp3) is 0.222. The Balaban J connectivity index is 2.12. The van der Waals surface area contributed by atoms with E-state index < -0.39 is 0 Å². The van der Waals surface area contributed by atoms with Gasteiger partial charge in [0.05, 0.1) is 26.1 Å². The molecule has 0 saturated carbocycles. The Labute approximate surface area is 154 Å². The third-order valence-corrected chi connectivity index (χ3v) is 5.08. The van der Waals surface area contributed by atoms with Gasteiger partial charge in [0.1, 0.15) is 11.5 Å². The van der Waals surface area contributed by atoms with Crippen molar-refractivity contribution in [3.63, 3.8) is 0 Å². The topological polar surface area (TPSA) is 48.1 Å². The number of hydrogen-bond donors (Lipinski definition) is 0. The van der Waals surface area contributed by atoms with Crippen molar-refractivity contribution in [1.82, 2.24) is 4.68 Å². The van der Waals surface area contributed by atoms with Crippen LogP contribution in [0, 0.1) is 0 Å². The van der Waals surface area contributed by atoms with Crippen LogP contribution in [-0.2, 0) is 0 Å². The van der Waals surface area contributed by atoms with E-state index in [-0.39, 0.29) is 0 Å². The maximum Gasteiger partial charge on any atom is 0.206 e. The zero-order valence-electron chi connectivity index (χ0n) is 14.3. The van der Waals surface area contributed by atoms with E-state index in [0.717, 1.165) is 33.1 Å². The summed E-state index contributed by atoms with van der Waals surface area (Å²) in [5.41, 5.74) is 2.95. The summed E-state index contributed by atoms with van der Waals surface area (Å²) in [5, 5.41) is 10.8. The summed E-state index contributed by atoms with van der Waals surface area (Å²) >= 11 is 3.21. The van der Waals surface area contributed by atoms with Gasteiger partial charge in [-0.2, -0.15) is 16.4 Å². The maximum atomic E-state index is 5.55. The van der Waals surface area contributed by atoms with Crippen LogP contribution in [0.25, 0.3) is 11.3 Å². The van der Waals surface area contributed by atoms with Crippen molar-refractivity contribution < 1.29 is 9.47 Å². The van der Waals surface area contributed by atoms with Crippen LogP contribution in [-0.4, -0.2) is 31.7 Å². The summed E-state index contributed by atoms with van der Waals surface area (Å²) in [6.07, 6.45) is 1.84. The van der Waals surface area contributed by atoms with Gasteiger partial charge in [0.2, 0.25) is 4.80 Å². The van der Waals surface area contributed by atoms with Crippen LogP contribution in [0.4, 0.5) is 0 Å². The molecule has 0 unspecified atom stereocenters. The Kier molecular flexibility index (Phi) is 5.67. The molecule has 0 aliphatic heterocycles. The van der Waals surface area contributed by atoms with Gasteiger partial charge in [-0.1, -0.05) is 0 Å². The monoisotopic (exact) mass is 373 g/mol. The van der Waals surface area contributed by atoms with E-state index in [1.807, 2.05) is 52.8 Å². The molecule has 25 heavy (non-hydrogen) atoms. The maximum absolute atomic E-state index is 5.55. The predicted molar refractivity (Wildman–Crippen MR) is 104 cm³/mol. The van der Waals surface area contributed by atoms with Crippen molar-refractivity contribution >= 4 is 28.9 Å². The second-order valence-corrected chi connectivity index (χ2v) is 6.67. The average molecular weight is 374 g/mol. The summed E-state index contributed by atoms with van der Waals surface area (Å²) < 4.78 is 12.7. The lowest BCUT2D eigenvalue weighted by Gasteiger charge is -2.10. The minimum atomic E-state index is 0.702. The fourth-order valence-corrected chi connectivity index (χ4v) is 3.83. The van der Waals surface area contributed by atoms with Crippen molar-refractivity contribution in [3.05, 3.63) is 50.8 Å². The van der Waals surface area contributed by atoms with Gasteiger partial charge < -0.3 is 9.47 Å². The number of methoxy groups -OCH3 is 2. The molecule has 1 aromatic carbocycles. The molecule has 0 N–H and O–H groups in total. The van der Waals surface area contributed by atoms with E-state index >= 15 is 0 Å². The van der Waals surface area contributed by atoms with Gasteiger partial charge in [-0.15, -0.1) is 11.3 Å². The summed E-state index contributed by atoms with van der Waals surface area (Å²) in [6.45, 7) is 2.72. The van der Waals surface area contributed by atoms with E-state index in [2.05, 4.69) is 15.5 Å². The molecule has 7 heteroatoms. The minimum absolute atomic E-state index is 0.702. The normalized spacial score (nSPS) is 12.0. The molecule has 0 bridgehead atoms. The molecule has 5 nitrogen and oxygen atoms in total. The Hall–Kier alpha value is -2.38. The zero-order chi connectivity index (χ0) is 17.6. The smallest absolute Gasteiger partial charge is 0.206 e. The van der Waals surface area contributed by atoms with Crippen LogP contribution in [0.2, 0.25) is 0 Å². The van der Waals surface area contributed by atoms with Crippen LogP contribution in [0.1, 0.15) is 12.5 Å². The van der Waals surface area contributed by atoms with Gasteiger partial charge >= 0.3 is 0 Å². The van der Waals surface area contributed by atoms with Crippen LogP contribution in [0.5, 0.6) is 11.5 Å². The lowest BCUT2D eigenvalue weighted by molar-refractivity contribution is 0.395. The summed E-state index contributed by atoms with van der Waals surface area (Å²) in [7, 11) is 3.30. The molecule has 130 valence electrons. The first-order chi connectivity index (χ1) is 12.3. The van der Waals surface area contributed by atoms with Crippen LogP contribution < -0.4 is 14.3 Å². The number of aromatic nitrogens is 1. The number of nitrogens with zero attached hydrogens (tertiary/aromatic N) is 3. The Bertz CT molecular complexity index is 924. The molecule has 0 aliphatic rings. The standard InChI is InChI=1S/C18H19N3O2S2/c1-4-19-18-21(20-10-13-7-8-24-11-13)16(12-25-18)15-6-5-14(22-2)9-17(15)23-3/h5-12H,4H2,1-3H3. The number of hydrogen-bond acceptors (Lipinski definition) is 6. The highest BCUT2D eigenvalue weighted by molar-refractivity contribution is 7.08. The fourth-order valence-electron chi connectivity index (χ4n) is 2.32. The van der Waals surface area contributed by atoms with E-state index in [4.69, 9.17) is 9.47 Å². The minimum Gasteiger partial charge on any atom is -0.497 e. The molecule has 2 heterocycles. The largest absolute Gasteiger partial charge is 0.497 e. The van der Waals surface area contributed by atoms with Crippen molar-refractivity contribution in [2.24, 2.45) is 10.1 Å². The second-order valence-electron chi connectivity index (χ2n) is 5.06. The van der Waals surface area contributed by atoms with Gasteiger partial charge in [0, 0.05) is 29.1 Å². The van der Waals surface area contributed by atoms with Crippen LogP contribution >= 0.6 is 22.7 Å². The molecule has 0 atom stereocenters. The Morgan fingerprint density at radius 2 is 2.04 bits per heavy atom. The highest BCUT2D eigenvalue weighted by Gasteiger charge is 2.13. The number of thiophene rings is 1.